The second-order valence-electron chi connectivity index (χ2n) is 5.19. The van der Waals surface area contributed by atoms with Crippen molar-refractivity contribution in [2.75, 3.05) is 5.73 Å². The minimum Gasteiger partial charge on any atom is -0.457 e. The molecule has 128 valence electrons. The van der Waals surface area contributed by atoms with Gasteiger partial charge in [-0.2, -0.15) is 8.42 Å². The Morgan fingerprint density at radius 3 is 1.32 bits per heavy atom. The first-order valence-corrected chi connectivity index (χ1v) is 8.73. The normalized spacial score (nSPS) is 11.1. The Kier molecular flexibility index (Phi) is 4.60. The summed E-state index contributed by atoms with van der Waals surface area (Å²) in [6, 6.07) is 19.5. The number of ether oxygens (including phenoxy) is 2. The monoisotopic (exact) mass is 357 g/mol. The van der Waals surface area contributed by atoms with Gasteiger partial charge in [-0.15, -0.1) is 0 Å². The van der Waals surface area contributed by atoms with E-state index in [1.165, 1.54) is 24.3 Å². The molecule has 0 atom stereocenters. The van der Waals surface area contributed by atoms with Crippen LogP contribution in [0.25, 0.3) is 0 Å². The summed E-state index contributed by atoms with van der Waals surface area (Å²) in [5.74, 6) is 2.31. The van der Waals surface area contributed by atoms with E-state index in [0.29, 0.717) is 28.7 Å². The quantitative estimate of drug-likeness (QED) is 0.527. The fourth-order valence-electron chi connectivity index (χ4n) is 2.06. The SMILES string of the molecule is Nc1ccc(Oc2ccc(Oc3ccc(S(=O)(=O)O)cc3)cc2)cc1. The molecule has 0 saturated heterocycles. The lowest BCUT2D eigenvalue weighted by atomic mass is 10.3. The number of hydrogen-bond donors (Lipinski definition) is 2. The van der Waals surface area contributed by atoms with Gasteiger partial charge < -0.3 is 15.2 Å². The van der Waals surface area contributed by atoms with Gasteiger partial charge in [-0.05, 0) is 72.8 Å². The van der Waals surface area contributed by atoms with Gasteiger partial charge in [0.05, 0.1) is 4.90 Å². The maximum atomic E-state index is 11.0. The summed E-state index contributed by atoms with van der Waals surface area (Å²) in [6.07, 6.45) is 0. The lowest BCUT2D eigenvalue weighted by molar-refractivity contribution is 0.468. The van der Waals surface area contributed by atoms with Gasteiger partial charge in [-0.1, -0.05) is 0 Å². The van der Waals surface area contributed by atoms with Crippen molar-refractivity contribution in [2.45, 2.75) is 4.90 Å². The van der Waals surface area contributed by atoms with E-state index in [-0.39, 0.29) is 4.90 Å². The van der Waals surface area contributed by atoms with E-state index in [1.807, 2.05) is 0 Å². The molecule has 0 bridgehead atoms. The van der Waals surface area contributed by atoms with Crippen molar-refractivity contribution in [2.24, 2.45) is 0 Å². The molecule has 25 heavy (non-hydrogen) atoms. The second-order valence-corrected chi connectivity index (χ2v) is 6.61. The van der Waals surface area contributed by atoms with Gasteiger partial charge in [0.15, 0.2) is 0 Å². The molecule has 3 rings (SSSR count). The zero-order chi connectivity index (χ0) is 17.9. The first-order chi connectivity index (χ1) is 11.9. The Morgan fingerprint density at radius 1 is 0.640 bits per heavy atom. The zero-order valence-electron chi connectivity index (χ0n) is 13.0. The van der Waals surface area contributed by atoms with E-state index in [2.05, 4.69) is 0 Å². The summed E-state index contributed by atoms with van der Waals surface area (Å²) in [6.45, 7) is 0. The van der Waals surface area contributed by atoms with Crippen LogP contribution in [-0.4, -0.2) is 13.0 Å². The van der Waals surface area contributed by atoms with Crippen LogP contribution in [0.4, 0.5) is 5.69 Å². The first kappa shape index (κ1) is 16.8. The third-order valence-corrected chi connectivity index (χ3v) is 4.16. The number of hydrogen-bond acceptors (Lipinski definition) is 5. The van der Waals surface area contributed by atoms with Gasteiger partial charge in [-0.25, -0.2) is 0 Å². The fourth-order valence-corrected chi connectivity index (χ4v) is 2.54. The summed E-state index contributed by atoms with van der Waals surface area (Å²) in [5.41, 5.74) is 6.29. The van der Waals surface area contributed by atoms with E-state index >= 15 is 0 Å². The molecule has 0 unspecified atom stereocenters. The molecular formula is C18H15NO5S. The van der Waals surface area contributed by atoms with Crippen LogP contribution in [0, 0.1) is 0 Å². The lowest BCUT2D eigenvalue weighted by Crippen LogP contribution is -1.97. The third-order valence-electron chi connectivity index (χ3n) is 3.30. The van der Waals surface area contributed by atoms with Gasteiger partial charge in [-0.3, -0.25) is 4.55 Å². The van der Waals surface area contributed by atoms with Gasteiger partial charge >= 0.3 is 0 Å². The number of nitrogen functional groups attached to an aromatic ring is 1. The molecule has 3 N–H and O–H groups in total. The molecule has 0 amide bonds. The Labute approximate surface area is 145 Å². The Morgan fingerprint density at radius 2 is 0.960 bits per heavy atom. The predicted octanol–water partition coefficient (Wildman–Crippen LogP) is 4.10. The molecular weight excluding hydrogens is 342 g/mol. The maximum Gasteiger partial charge on any atom is 0.294 e. The first-order valence-electron chi connectivity index (χ1n) is 7.29. The molecule has 7 heteroatoms. The number of rotatable bonds is 5. The van der Waals surface area contributed by atoms with Crippen LogP contribution >= 0.6 is 0 Å². The average molecular weight is 357 g/mol. The number of benzene rings is 3. The van der Waals surface area contributed by atoms with Crippen molar-refractivity contribution >= 4 is 15.8 Å². The third kappa shape index (κ3) is 4.50. The van der Waals surface area contributed by atoms with Crippen molar-refractivity contribution in [3.63, 3.8) is 0 Å². The molecule has 0 saturated carbocycles. The number of nitrogens with two attached hydrogens (primary N) is 1. The molecule has 0 heterocycles. The molecule has 6 nitrogen and oxygen atoms in total. The van der Waals surface area contributed by atoms with Crippen LogP contribution in [0.1, 0.15) is 0 Å². The Bertz CT molecular complexity index is 950. The van der Waals surface area contributed by atoms with Gasteiger partial charge in [0.1, 0.15) is 23.0 Å². The van der Waals surface area contributed by atoms with Crippen LogP contribution in [0.3, 0.4) is 0 Å². The highest BCUT2D eigenvalue weighted by molar-refractivity contribution is 7.85. The van der Waals surface area contributed by atoms with Crippen molar-refractivity contribution in [1.29, 1.82) is 0 Å². The molecule has 0 aliphatic carbocycles. The number of anilines is 1. The van der Waals surface area contributed by atoms with Crippen molar-refractivity contribution in [3.8, 4) is 23.0 Å². The highest BCUT2D eigenvalue weighted by Crippen LogP contribution is 2.27. The lowest BCUT2D eigenvalue weighted by Gasteiger charge is -2.09. The summed E-state index contributed by atoms with van der Waals surface area (Å²) >= 11 is 0. The summed E-state index contributed by atoms with van der Waals surface area (Å²) in [4.78, 5) is -0.188. The molecule has 0 aromatic heterocycles. The van der Waals surface area contributed by atoms with E-state index in [4.69, 9.17) is 19.8 Å². The average Bonchev–Trinajstić information content (AvgIpc) is 2.58. The molecule has 0 spiro atoms. The van der Waals surface area contributed by atoms with E-state index in [0.717, 1.165) is 0 Å². The highest BCUT2D eigenvalue weighted by Gasteiger charge is 2.09. The molecule has 0 aliphatic rings. The van der Waals surface area contributed by atoms with Crippen molar-refractivity contribution in [3.05, 3.63) is 72.8 Å². The van der Waals surface area contributed by atoms with Crippen LogP contribution in [0.5, 0.6) is 23.0 Å². The Balaban J connectivity index is 1.67. The van der Waals surface area contributed by atoms with Gasteiger partial charge in [0, 0.05) is 5.69 Å². The predicted molar refractivity (Wildman–Crippen MR) is 93.7 cm³/mol. The zero-order valence-corrected chi connectivity index (χ0v) is 13.8. The molecule has 3 aromatic carbocycles. The standard InChI is InChI=1S/C18H15NO5S/c19-13-1-3-14(4-2-13)23-15-5-7-16(8-6-15)24-17-9-11-18(12-10-17)25(20,21)22/h1-12H,19H2,(H,20,21,22). The minimum absolute atomic E-state index is 0.188. The largest absolute Gasteiger partial charge is 0.457 e. The van der Waals surface area contributed by atoms with Crippen LogP contribution < -0.4 is 15.2 Å². The van der Waals surface area contributed by atoms with Crippen LogP contribution in [0.2, 0.25) is 0 Å². The van der Waals surface area contributed by atoms with Gasteiger partial charge in [0.2, 0.25) is 0 Å². The molecule has 0 fully saturated rings. The van der Waals surface area contributed by atoms with E-state index < -0.39 is 10.1 Å². The Hall–Kier alpha value is -3.03. The van der Waals surface area contributed by atoms with E-state index in [9.17, 15) is 8.42 Å². The highest BCUT2D eigenvalue weighted by atomic mass is 32.2. The van der Waals surface area contributed by atoms with Gasteiger partial charge in [0.25, 0.3) is 10.1 Å². The van der Waals surface area contributed by atoms with Crippen molar-refractivity contribution < 1.29 is 22.4 Å². The van der Waals surface area contributed by atoms with Crippen LogP contribution in [0.15, 0.2) is 77.7 Å². The fraction of sp³-hybridized carbons (Fsp3) is 0. The molecule has 0 aliphatic heterocycles. The van der Waals surface area contributed by atoms with Crippen LogP contribution in [-0.2, 0) is 10.1 Å². The van der Waals surface area contributed by atoms with E-state index in [1.54, 1.807) is 48.5 Å². The second kappa shape index (κ2) is 6.84. The molecule has 0 radical (unpaired) electrons. The van der Waals surface area contributed by atoms with Crippen molar-refractivity contribution in [1.82, 2.24) is 0 Å². The summed E-state index contributed by atoms with van der Waals surface area (Å²) in [7, 11) is -4.21. The maximum absolute atomic E-state index is 11.0. The molecule has 3 aromatic rings. The summed E-state index contributed by atoms with van der Waals surface area (Å²) < 4.78 is 42.3. The minimum atomic E-state index is -4.21. The topological polar surface area (TPSA) is 98.9 Å². The summed E-state index contributed by atoms with van der Waals surface area (Å²) in [5, 5.41) is 0. The smallest absolute Gasteiger partial charge is 0.294 e.